The van der Waals surface area contributed by atoms with Crippen molar-refractivity contribution in [1.82, 2.24) is 9.55 Å². The number of nitrogens with two attached hydrogens (primary N) is 1. The molecule has 5 heteroatoms. The second kappa shape index (κ2) is 5.25. The van der Waals surface area contributed by atoms with Gasteiger partial charge in [-0.05, 0) is 36.2 Å². The van der Waals surface area contributed by atoms with E-state index in [4.69, 9.17) is 11.0 Å². The molecule has 3 aromatic rings. The number of aromatic nitrogens is 2. The van der Waals surface area contributed by atoms with Crippen LogP contribution in [0.3, 0.4) is 0 Å². The zero-order valence-electron chi connectivity index (χ0n) is 11.3. The predicted octanol–water partition coefficient (Wildman–Crippen LogP) is 2.87. The molecule has 0 fully saturated rings. The summed E-state index contributed by atoms with van der Waals surface area (Å²) in [4.78, 5) is 4.26. The predicted molar refractivity (Wildman–Crippen MR) is 79.0 cm³/mol. The topological polar surface area (TPSA) is 67.6 Å². The Balaban J connectivity index is 1.95. The molecule has 104 valence electrons. The number of nitrogens with zero attached hydrogens (tertiary/aromatic N) is 3. The van der Waals surface area contributed by atoms with Crippen molar-refractivity contribution >= 4 is 17.0 Å². The quantitative estimate of drug-likeness (QED) is 0.802. The van der Waals surface area contributed by atoms with Crippen molar-refractivity contribution in [2.75, 3.05) is 5.73 Å². The number of hydrogen-bond acceptors (Lipinski definition) is 3. The lowest BCUT2D eigenvalue weighted by Gasteiger charge is -2.07. The van der Waals surface area contributed by atoms with Gasteiger partial charge >= 0.3 is 0 Å². The van der Waals surface area contributed by atoms with Crippen molar-refractivity contribution in [3.8, 4) is 6.07 Å². The van der Waals surface area contributed by atoms with Crippen LogP contribution in [-0.2, 0) is 13.0 Å². The molecule has 0 radical (unpaired) electrons. The van der Waals surface area contributed by atoms with Crippen molar-refractivity contribution in [1.29, 1.82) is 5.26 Å². The molecule has 0 aliphatic rings. The number of hydrogen-bond donors (Lipinski definition) is 1. The van der Waals surface area contributed by atoms with E-state index in [1.165, 1.54) is 6.07 Å². The highest BCUT2D eigenvalue weighted by molar-refractivity contribution is 5.79. The molecule has 0 saturated heterocycles. The van der Waals surface area contributed by atoms with E-state index in [0.29, 0.717) is 30.0 Å². The summed E-state index contributed by atoms with van der Waals surface area (Å²) in [5.41, 5.74) is 8.64. The smallest absolute Gasteiger partial charge is 0.201 e. The summed E-state index contributed by atoms with van der Waals surface area (Å²) < 4.78 is 15.5. The van der Waals surface area contributed by atoms with Gasteiger partial charge in [-0.15, -0.1) is 0 Å². The first-order valence-corrected chi connectivity index (χ1v) is 6.58. The number of halogens is 1. The van der Waals surface area contributed by atoms with Gasteiger partial charge in [-0.25, -0.2) is 9.37 Å². The molecule has 2 aromatic carbocycles. The molecule has 0 atom stereocenters. The van der Waals surface area contributed by atoms with E-state index in [1.54, 1.807) is 30.3 Å². The molecule has 0 aliphatic carbocycles. The van der Waals surface area contributed by atoms with Gasteiger partial charge in [-0.3, -0.25) is 0 Å². The number of benzene rings is 2. The first kappa shape index (κ1) is 13.1. The van der Waals surface area contributed by atoms with Crippen molar-refractivity contribution in [2.45, 2.75) is 13.0 Å². The molecular formula is C16H13FN4. The third kappa shape index (κ3) is 2.43. The molecule has 1 heterocycles. The van der Waals surface area contributed by atoms with E-state index in [0.717, 1.165) is 11.0 Å². The molecule has 0 unspecified atom stereocenters. The maximum Gasteiger partial charge on any atom is 0.201 e. The van der Waals surface area contributed by atoms with Crippen molar-refractivity contribution < 1.29 is 4.39 Å². The maximum absolute atomic E-state index is 13.7. The number of nitrogen functional groups attached to an aromatic ring is 1. The van der Waals surface area contributed by atoms with Gasteiger partial charge in [0, 0.05) is 6.54 Å². The van der Waals surface area contributed by atoms with Gasteiger partial charge in [0.1, 0.15) is 5.82 Å². The molecule has 0 saturated carbocycles. The van der Waals surface area contributed by atoms with Crippen molar-refractivity contribution in [2.24, 2.45) is 0 Å². The van der Waals surface area contributed by atoms with Crippen LogP contribution < -0.4 is 5.73 Å². The van der Waals surface area contributed by atoms with Crippen LogP contribution in [-0.4, -0.2) is 9.55 Å². The normalized spacial score (nSPS) is 10.7. The molecule has 3 rings (SSSR count). The van der Waals surface area contributed by atoms with Crippen LogP contribution in [0.25, 0.3) is 11.0 Å². The zero-order chi connectivity index (χ0) is 14.8. The lowest BCUT2D eigenvalue weighted by Crippen LogP contribution is -2.06. The van der Waals surface area contributed by atoms with E-state index in [-0.39, 0.29) is 5.82 Å². The first-order chi connectivity index (χ1) is 10.2. The molecule has 0 amide bonds. The maximum atomic E-state index is 13.7. The van der Waals surface area contributed by atoms with E-state index < -0.39 is 0 Å². The molecule has 1 aromatic heterocycles. The number of anilines is 1. The van der Waals surface area contributed by atoms with Crippen molar-refractivity contribution in [3.05, 3.63) is 59.4 Å². The number of aryl methyl sites for hydroxylation is 2. The Hall–Kier alpha value is -2.87. The highest BCUT2D eigenvalue weighted by Crippen LogP contribution is 2.20. The number of imidazole rings is 1. The zero-order valence-corrected chi connectivity index (χ0v) is 11.3. The Labute approximate surface area is 121 Å². The molecule has 2 N–H and O–H groups in total. The van der Waals surface area contributed by atoms with Crippen LogP contribution in [0.15, 0.2) is 42.5 Å². The average Bonchev–Trinajstić information content (AvgIpc) is 2.81. The summed E-state index contributed by atoms with van der Waals surface area (Å²) in [7, 11) is 0. The van der Waals surface area contributed by atoms with Crippen LogP contribution in [0.2, 0.25) is 0 Å². The SMILES string of the molecule is N#Cc1ccc2nc(N)n(CCc3ccccc3F)c2c1. The Bertz CT molecular complexity index is 845. The minimum Gasteiger partial charge on any atom is -0.369 e. The van der Waals surface area contributed by atoms with Crippen LogP contribution in [0.1, 0.15) is 11.1 Å². The largest absolute Gasteiger partial charge is 0.369 e. The minimum absolute atomic E-state index is 0.224. The molecule has 0 aliphatic heterocycles. The second-order valence-electron chi connectivity index (χ2n) is 4.78. The molecule has 21 heavy (non-hydrogen) atoms. The third-order valence-corrected chi connectivity index (χ3v) is 3.47. The van der Waals surface area contributed by atoms with E-state index in [1.807, 2.05) is 10.6 Å². The van der Waals surface area contributed by atoms with Gasteiger partial charge < -0.3 is 10.3 Å². The van der Waals surface area contributed by atoms with Crippen LogP contribution in [0.4, 0.5) is 10.3 Å². The van der Waals surface area contributed by atoms with Gasteiger partial charge in [0.25, 0.3) is 0 Å². The van der Waals surface area contributed by atoms with E-state index >= 15 is 0 Å². The molecule has 0 bridgehead atoms. The monoisotopic (exact) mass is 280 g/mol. The Kier molecular flexibility index (Phi) is 3.28. The molecule has 4 nitrogen and oxygen atoms in total. The number of rotatable bonds is 3. The Morgan fingerprint density at radius 2 is 2.05 bits per heavy atom. The van der Waals surface area contributed by atoms with Gasteiger partial charge in [-0.1, -0.05) is 18.2 Å². The first-order valence-electron chi connectivity index (χ1n) is 6.58. The third-order valence-electron chi connectivity index (χ3n) is 3.47. The standard InChI is InChI=1S/C16H13FN4/c17-13-4-2-1-3-12(13)7-8-21-15-9-11(10-18)5-6-14(15)20-16(21)19/h1-6,9H,7-8H2,(H2,19,20). The van der Waals surface area contributed by atoms with Crippen LogP contribution in [0, 0.1) is 17.1 Å². The fourth-order valence-electron chi connectivity index (χ4n) is 2.38. The summed E-state index contributed by atoms with van der Waals surface area (Å²) in [6.45, 7) is 0.512. The lowest BCUT2D eigenvalue weighted by atomic mass is 10.1. The summed E-state index contributed by atoms with van der Waals surface area (Å²) >= 11 is 0. The Morgan fingerprint density at radius 3 is 2.81 bits per heavy atom. The van der Waals surface area contributed by atoms with E-state index in [9.17, 15) is 4.39 Å². The van der Waals surface area contributed by atoms with Gasteiger partial charge in [0.15, 0.2) is 0 Å². The van der Waals surface area contributed by atoms with Crippen molar-refractivity contribution in [3.63, 3.8) is 0 Å². The highest BCUT2D eigenvalue weighted by Gasteiger charge is 2.10. The second-order valence-corrected chi connectivity index (χ2v) is 4.78. The van der Waals surface area contributed by atoms with Gasteiger partial charge in [0.2, 0.25) is 5.95 Å². The van der Waals surface area contributed by atoms with Crippen LogP contribution in [0.5, 0.6) is 0 Å². The average molecular weight is 280 g/mol. The summed E-state index contributed by atoms with van der Waals surface area (Å²) in [5.74, 6) is 0.148. The molecular weight excluding hydrogens is 267 g/mol. The molecule has 0 spiro atoms. The summed E-state index contributed by atoms with van der Waals surface area (Å²) in [6, 6.07) is 14.0. The summed E-state index contributed by atoms with van der Waals surface area (Å²) in [6.07, 6.45) is 0.513. The lowest BCUT2D eigenvalue weighted by molar-refractivity contribution is 0.597. The Morgan fingerprint density at radius 1 is 1.24 bits per heavy atom. The van der Waals surface area contributed by atoms with Gasteiger partial charge in [0.05, 0.1) is 22.7 Å². The van der Waals surface area contributed by atoms with Crippen LogP contribution >= 0.6 is 0 Å². The van der Waals surface area contributed by atoms with E-state index in [2.05, 4.69) is 11.1 Å². The highest BCUT2D eigenvalue weighted by atomic mass is 19.1. The minimum atomic E-state index is -0.224. The fourth-order valence-corrected chi connectivity index (χ4v) is 2.38. The number of nitriles is 1. The number of fused-ring (bicyclic) bond motifs is 1. The summed E-state index contributed by atoms with van der Waals surface area (Å²) in [5, 5.41) is 8.98. The van der Waals surface area contributed by atoms with Gasteiger partial charge in [-0.2, -0.15) is 5.26 Å². The fraction of sp³-hybridized carbons (Fsp3) is 0.125.